The zero-order chi connectivity index (χ0) is 11.9. The lowest BCUT2D eigenvalue weighted by atomic mass is 9.86. The summed E-state index contributed by atoms with van der Waals surface area (Å²) in [6, 6.07) is 3.52. The number of fused-ring (bicyclic) bond motifs is 1. The Morgan fingerprint density at radius 1 is 1.50 bits per heavy atom. The Bertz CT molecular complexity index is 414. The molecule has 88 valence electrons. The van der Waals surface area contributed by atoms with Gasteiger partial charge in [-0.3, -0.25) is 0 Å². The van der Waals surface area contributed by atoms with Crippen molar-refractivity contribution >= 4 is 5.97 Å². The van der Waals surface area contributed by atoms with E-state index < -0.39 is 5.97 Å². The molecule has 4 heteroatoms. The Labute approximate surface area is 94.8 Å². The molecule has 1 aliphatic heterocycles. The average Bonchev–Trinajstić information content (AvgIpc) is 2.58. The molecular weight excluding hydrogens is 206 g/mol. The lowest BCUT2D eigenvalue weighted by Crippen LogP contribution is -2.31. The highest BCUT2D eigenvalue weighted by Gasteiger charge is 2.33. The second-order valence-corrected chi connectivity index (χ2v) is 5.22. The van der Waals surface area contributed by atoms with Gasteiger partial charge < -0.3 is 14.4 Å². The Kier molecular flexibility index (Phi) is 2.54. The Morgan fingerprint density at radius 3 is 2.75 bits per heavy atom. The number of carbonyl (C=O) groups is 1. The number of ether oxygens (including phenoxy) is 1. The maximum atomic E-state index is 11.0. The number of hydrogen-bond acceptors (Lipinski definition) is 2. The summed E-state index contributed by atoms with van der Waals surface area (Å²) < 4.78 is 7.60. The van der Waals surface area contributed by atoms with Crippen molar-refractivity contribution in [2.45, 2.75) is 33.4 Å². The first kappa shape index (κ1) is 11.2. The Hall–Kier alpha value is -1.29. The molecule has 1 aliphatic rings. The van der Waals surface area contributed by atoms with E-state index in [9.17, 15) is 4.79 Å². The molecule has 4 nitrogen and oxygen atoms in total. The van der Waals surface area contributed by atoms with Crippen LogP contribution in [0.1, 0.15) is 43.1 Å². The van der Waals surface area contributed by atoms with Crippen LogP contribution >= 0.6 is 0 Å². The molecule has 0 saturated carbocycles. The minimum Gasteiger partial charge on any atom is -0.477 e. The Balaban J connectivity index is 2.45. The van der Waals surface area contributed by atoms with E-state index in [1.165, 1.54) is 0 Å². The molecule has 16 heavy (non-hydrogen) atoms. The second kappa shape index (κ2) is 3.63. The molecule has 0 saturated heterocycles. The number of carboxylic acids is 1. The van der Waals surface area contributed by atoms with E-state index in [-0.39, 0.29) is 11.5 Å². The number of nitrogens with zero attached hydrogens (tertiary/aromatic N) is 1. The van der Waals surface area contributed by atoms with Gasteiger partial charge in [0, 0.05) is 12.2 Å². The highest BCUT2D eigenvalue weighted by Crippen LogP contribution is 2.38. The molecule has 0 radical (unpaired) electrons. The van der Waals surface area contributed by atoms with Crippen LogP contribution in [0, 0.1) is 5.41 Å². The molecule has 2 rings (SSSR count). The number of hydrogen-bond donors (Lipinski definition) is 1. The maximum absolute atomic E-state index is 11.0. The molecular formula is C12H17NO3. The predicted octanol–water partition coefficient (Wildman–Crippen LogP) is 2.30. The van der Waals surface area contributed by atoms with Gasteiger partial charge in [0.2, 0.25) is 0 Å². The van der Waals surface area contributed by atoms with Gasteiger partial charge in [0.1, 0.15) is 11.8 Å². The molecule has 1 atom stereocenters. The minimum absolute atomic E-state index is 0.0215. The third-order valence-corrected chi connectivity index (χ3v) is 2.89. The van der Waals surface area contributed by atoms with Crippen LogP contribution in [0.25, 0.3) is 0 Å². The number of aromatic nitrogens is 1. The molecule has 1 unspecified atom stereocenters. The van der Waals surface area contributed by atoms with Crippen molar-refractivity contribution in [1.29, 1.82) is 0 Å². The molecule has 0 fully saturated rings. The number of rotatable bonds is 1. The van der Waals surface area contributed by atoms with E-state index in [0.717, 1.165) is 5.69 Å². The minimum atomic E-state index is -0.874. The maximum Gasteiger partial charge on any atom is 0.352 e. The van der Waals surface area contributed by atoms with Gasteiger partial charge in [-0.15, -0.1) is 0 Å². The summed E-state index contributed by atoms with van der Waals surface area (Å²) in [6.45, 7) is 7.49. The number of carboxylic acid groups (broad SMARTS) is 1. The lowest BCUT2D eigenvalue weighted by Gasteiger charge is -2.35. The van der Waals surface area contributed by atoms with E-state index in [1.807, 2.05) is 10.6 Å². The van der Waals surface area contributed by atoms with Crippen molar-refractivity contribution < 1.29 is 14.6 Å². The van der Waals surface area contributed by atoms with Crippen LogP contribution in [0.3, 0.4) is 0 Å². The van der Waals surface area contributed by atoms with Gasteiger partial charge in [-0.2, -0.15) is 0 Å². The van der Waals surface area contributed by atoms with Gasteiger partial charge in [0.05, 0.1) is 6.61 Å². The van der Waals surface area contributed by atoms with Crippen LogP contribution < -0.4 is 0 Å². The molecule has 1 N–H and O–H groups in total. The van der Waals surface area contributed by atoms with Gasteiger partial charge in [-0.1, -0.05) is 20.8 Å². The van der Waals surface area contributed by atoms with Crippen molar-refractivity contribution in [3.8, 4) is 0 Å². The van der Waals surface area contributed by atoms with E-state index >= 15 is 0 Å². The van der Waals surface area contributed by atoms with Crippen LogP contribution in [0.5, 0.6) is 0 Å². The highest BCUT2D eigenvalue weighted by molar-refractivity contribution is 5.86. The van der Waals surface area contributed by atoms with Crippen LogP contribution in [-0.2, 0) is 11.3 Å². The summed E-state index contributed by atoms with van der Waals surface area (Å²) >= 11 is 0. The molecule has 0 amide bonds. The summed E-state index contributed by atoms with van der Waals surface area (Å²) in [7, 11) is 0. The molecule has 1 aromatic rings. The molecule has 2 heterocycles. The van der Waals surface area contributed by atoms with E-state index in [2.05, 4.69) is 20.8 Å². The van der Waals surface area contributed by atoms with Crippen LogP contribution in [0.4, 0.5) is 0 Å². The fourth-order valence-electron chi connectivity index (χ4n) is 2.19. The molecule has 1 aromatic heterocycles. The largest absolute Gasteiger partial charge is 0.477 e. The topological polar surface area (TPSA) is 51.5 Å². The summed E-state index contributed by atoms with van der Waals surface area (Å²) in [6.07, 6.45) is -0.0330. The van der Waals surface area contributed by atoms with Gasteiger partial charge in [-0.25, -0.2) is 4.79 Å². The number of aromatic carboxylic acids is 1. The molecule has 0 aromatic carbocycles. The first-order valence-electron chi connectivity index (χ1n) is 5.45. The second-order valence-electron chi connectivity index (χ2n) is 5.22. The summed E-state index contributed by atoms with van der Waals surface area (Å²) in [5, 5.41) is 9.06. The first-order valence-corrected chi connectivity index (χ1v) is 5.45. The fraction of sp³-hybridized carbons (Fsp3) is 0.583. The van der Waals surface area contributed by atoms with Crippen LogP contribution in [-0.4, -0.2) is 22.2 Å². The van der Waals surface area contributed by atoms with Gasteiger partial charge in [-0.05, 0) is 17.5 Å². The highest BCUT2D eigenvalue weighted by atomic mass is 16.5. The van der Waals surface area contributed by atoms with Gasteiger partial charge >= 0.3 is 5.97 Å². The standard InChI is InChI=1S/C12H17NO3/c1-12(2,3)10-8-4-5-9(11(14)15)13(8)6-7-16-10/h4-5,10H,6-7H2,1-3H3,(H,14,15). The normalized spacial score (nSPS) is 20.6. The van der Waals surface area contributed by atoms with Crippen LogP contribution in [0.15, 0.2) is 12.1 Å². The molecule has 0 spiro atoms. The molecule has 0 bridgehead atoms. The quantitative estimate of drug-likeness (QED) is 0.794. The monoisotopic (exact) mass is 223 g/mol. The van der Waals surface area contributed by atoms with E-state index in [1.54, 1.807) is 6.07 Å². The zero-order valence-corrected chi connectivity index (χ0v) is 9.86. The summed E-state index contributed by atoms with van der Waals surface area (Å²) in [4.78, 5) is 11.0. The van der Waals surface area contributed by atoms with Crippen molar-refractivity contribution in [3.05, 3.63) is 23.5 Å². The smallest absolute Gasteiger partial charge is 0.352 e. The van der Waals surface area contributed by atoms with E-state index in [4.69, 9.17) is 9.84 Å². The van der Waals surface area contributed by atoms with Crippen molar-refractivity contribution in [2.24, 2.45) is 5.41 Å². The molecule has 0 aliphatic carbocycles. The van der Waals surface area contributed by atoms with Crippen molar-refractivity contribution in [2.75, 3.05) is 6.61 Å². The predicted molar refractivity (Wildman–Crippen MR) is 59.5 cm³/mol. The van der Waals surface area contributed by atoms with Gasteiger partial charge in [0.15, 0.2) is 0 Å². The first-order chi connectivity index (χ1) is 7.41. The summed E-state index contributed by atoms with van der Waals surface area (Å²) in [5.74, 6) is -0.874. The summed E-state index contributed by atoms with van der Waals surface area (Å²) in [5.41, 5.74) is 1.30. The third-order valence-electron chi connectivity index (χ3n) is 2.89. The van der Waals surface area contributed by atoms with Crippen molar-refractivity contribution in [3.63, 3.8) is 0 Å². The SMILES string of the molecule is CC(C)(C)C1OCCn2c(C(=O)O)ccc21. The Morgan fingerprint density at radius 2 is 2.19 bits per heavy atom. The zero-order valence-electron chi connectivity index (χ0n) is 9.86. The average molecular weight is 223 g/mol. The van der Waals surface area contributed by atoms with Crippen molar-refractivity contribution in [1.82, 2.24) is 4.57 Å². The fourth-order valence-corrected chi connectivity index (χ4v) is 2.19. The van der Waals surface area contributed by atoms with E-state index in [0.29, 0.717) is 18.8 Å². The van der Waals surface area contributed by atoms with Gasteiger partial charge in [0.25, 0.3) is 0 Å². The lowest BCUT2D eigenvalue weighted by molar-refractivity contribution is -0.0457. The third kappa shape index (κ3) is 1.73. The van der Waals surface area contributed by atoms with Crippen LogP contribution in [0.2, 0.25) is 0 Å².